The number of halogens is 3. The van der Waals surface area contributed by atoms with Crippen LogP contribution in [0.1, 0.15) is 32.5 Å². The van der Waals surface area contributed by atoms with Crippen molar-refractivity contribution in [2.24, 2.45) is 0 Å². The van der Waals surface area contributed by atoms with Gasteiger partial charge in [0.15, 0.2) is 17.7 Å². The van der Waals surface area contributed by atoms with Crippen LogP contribution in [0.3, 0.4) is 0 Å². The number of hydrogen-bond donors (Lipinski definition) is 0. The molecule has 0 aromatic heterocycles. The molecule has 1 amide bonds. The number of alkyl halides is 1. The normalized spacial score (nSPS) is 19.5. The first-order valence-corrected chi connectivity index (χ1v) is 8.68. The van der Waals surface area contributed by atoms with E-state index in [1.54, 1.807) is 20.8 Å². The highest BCUT2D eigenvalue weighted by Gasteiger charge is 2.35. The second-order valence-electron chi connectivity index (χ2n) is 6.75. The molecule has 1 aliphatic rings. The molecule has 0 saturated carbocycles. The van der Waals surface area contributed by atoms with Gasteiger partial charge >= 0.3 is 6.09 Å². The Kier molecular flexibility index (Phi) is 6.26. The molecule has 0 spiro atoms. The summed E-state index contributed by atoms with van der Waals surface area (Å²) in [7, 11) is 1.28. The lowest BCUT2D eigenvalue weighted by Gasteiger charge is -2.35. The molecular weight excluding hydrogens is 400 g/mol. The van der Waals surface area contributed by atoms with Crippen LogP contribution in [0, 0.1) is 5.82 Å². The molecule has 2 atom stereocenters. The third kappa shape index (κ3) is 5.04. The minimum Gasteiger partial charge on any atom is -0.493 e. The van der Waals surface area contributed by atoms with Gasteiger partial charge in [-0.15, -0.1) is 0 Å². The van der Waals surface area contributed by atoms with E-state index in [0.717, 1.165) is 0 Å². The van der Waals surface area contributed by atoms with E-state index in [4.69, 9.17) is 14.2 Å². The molecule has 1 aromatic rings. The van der Waals surface area contributed by atoms with Crippen LogP contribution in [0.2, 0.25) is 0 Å². The van der Waals surface area contributed by atoms with Crippen molar-refractivity contribution in [2.45, 2.75) is 38.6 Å². The Labute approximate surface area is 154 Å². The van der Waals surface area contributed by atoms with Crippen LogP contribution < -0.4 is 4.74 Å². The van der Waals surface area contributed by atoms with Gasteiger partial charge in [0.2, 0.25) is 0 Å². The van der Waals surface area contributed by atoms with Crippen molar-refractivity contribution >= 4 is 22.0 Å². The maximum atomic E-state index is 15.0. The first-order chi connectivity index (χ1) is 11.6. The lowest BCUT2D eigenvalue weighted by molar-refractivity contribution is -0.0710. The van der Waals surface area contributed by atoms with Crippen LogP contribution in [0.4, 0.5) is 13.6 Å². The fraction of sp³-hybridized carbons (Fsp3) is 0.588. The van der Waals surface area contributed by atoms with Crippen LogP contribution >= 0.6 is 15.9 Å². The maximum absolute atomic E-state index is 15.0. The van der Waals surface area contributed by atoms with E-state index >= 15 is 4.39 Å². The zero-order chi connectivity index (χ0) is 18.8. The minimum atomic E-state index is -1.66. The van der Waals surface area contributed by atoms with Crippen molar-refractivity contribution in [2.75, 3.05) is 26.8 Å². The number of benzene rings is 1. The Hall–Kier alpha value is -1.41. The average Bonchev–Trinajstić information content (AvgIpc) is 2.52. The van der Waals surface area contributed by atoms with E-state index < -0.39 is 29.8 Å². The molecule has 25 heavy (non-hydrogen) atoms. The molecule has 2 unspecified atom stereocenters. The van der Waals surface area contributed by atoms with Crippen molar-refractivity contribution < 1.29 is 27.8 Å². The maximum Gasteiger partial charge on any atom is 0.410 e. The zero-order valence-electron chi connectivity index (χ0n) is 14.6. The molecule has 140 valence electrons. The fourth-order valence-electron chi connectivity index (χ4n) is 2.55. The van der Waals surface area contributed by atoms with Gasteiger partial charge in [-0.2, -0.15) is 0 Å². The van der Waals surface area contributed by atoms with Gasteiger partial charge in [-0.05, 0) is 32.9 Å². The quantitative estimate of drug-likeness (QED) is 0.731. The van der Waals surface area contributed by atoms with Gasteiger partial charge in [-0.1, -0.05) is 15.9 Å². The largest absolute Gasteiger partial charge is 0.493 e. The molecule has 0 radical (unpaired) electrons. The first kappa shape index (κ1) is 19.9. The second-order valence-corrected chi connectivity index (χ2v) is 7.66. The predicted octanol–water partition coefficient (Wildman–Crippen LogP) is 4.24. The third-order valence-corrected chi connectivity index (χ3v) is 4.07. The average molecular weight is 422 g/mol. The van der Waals surface area contributed by atoms with Crippen molar-refractivity contribution in [1.29, 1.82) is 0 Å². The van der Waals surface area contributed by atoms with Crippen molar-refractivity contribution in [1.82, 2.24) is 4.90 Å². The number of nitrogens with zero attached hydrogens (tertiary/aromatic N) is 1. The van der Waals surface area contributed by atoms with Crippen LogP contribution in [0.25, 0.3) is 0 Å². The van der Waals surface area contributed by atoms with Crippen molar-refractivity contribution in [3.05, 3.63) is 28.0 Å². The van der Waals surface area contributed by atoms with Gasteiger partial charge in [0.05, 0.1) is 20.3 Å². The lowest BCUT2D eigenvalue weighted by Crippen LogP contribution is -2.48. The van der Waals surface area contributed by atoms with Crippen molar-refractivity contribution in [3.8, 4) is 5.75 Å². The fourth-order valence-corrected chi connectivity index (χ4v) is 2.99. The molecule has 8 heteroatoms. The summed E-state index contributed by atoms with van der Waals surface area (Å²) in [5, 5.41) is 0. The van der Waals surface area contributed by atoms with E-state index in [2.05, 4.69) is 15.9 Å². The van der Waals surface area contributed by atoms with Gasteiger partial charge in [-0.25, -0.2) is 13.6 Å². The van der Waals surface area contributed by atoms with Gasteiger partial charge in [0.25, 0.3) is 0 Å². The molecule has 1 heterocycles. The molecule has 0 aliphatic carbocycles. The van der Waals surface area contributed by atoms with Crippen LogP contribution in [0.15, 0.2) is 16.6 Å². The molecular formula is C17H22BrF2NO4. The van der Waals surface area contributed by atoms with E-state index in [1.165, 1.54) is 24.1 Å². The molecule has 2 rings (SSSR count). The highest BCUT2D eigenvalue weighted by Crippen LogP contribution is 2.37. The topological polar surface area (TPSA) is 48.0 Å². The SMILES string of the molecule is COc1c(F)cc(Br)cc1C(F)C1CN(C(=O)OC(C)(C)C)CCO1. The summed E-state index contributed by atoms with van der Waals surface area (Å²) in [6.07, 6.45) is -3.13. The van der Waals surface area contributed by atoms with Crippen LogP contribution in [-0.2, 0) is 9.47 Å². The standard InChI is InChI=1S/C17H22BrF2NO4/c1-17(2,3)25-16(22)21-5-6-24-13(9-21)14(20)11-7-10(18)8-12(19)15(11)23-4/h7-8,13-14H,5-6,9H2,1-4H3. The monoisotopic (exact) mass is 421 g/mol. The zero-order valence-corrected chi connectivity index (χ0v) is 16.2. The summed E-state index contributed by atoms with van der Waals surface area (Å²) in [4.78, 5) is 13.6. The number of hydrogen-bond acceptors (Lipinski definition) is 4. The van der Waals surface area contributed by atoms with Gasteiger partial charge in [-0.3, -0.25) is 0 Å². The van der Waals surface area contributed by atoms with Crippen molar-refractivity contribution in [3.63, 3.8) is 0 Å². The Morgan fingerprint density at radius 1 is 1.44 bits per heavy atom. The first-order valence-electron chi connectivity index (χ1n) is 7.89. The summed E-state index contributed by atoms with van der Waals surface area (Å²) in [6, 6.07) is 2.64. The van der Waals surface area contributed by atoms with E-state index in [9.17, 15) is 9.18 Å². The number of ether oxygens (including phenoxy) is 3. The summed E-state index contributed by atoms with van der Waals surface area (Å²) in [5.74, 6) is -0.844. The van der Waals surface area contributed by atoms with E-state index in [-0.39, 0.29) is 24.5 Å². The summed E-state index contributed by atoms with van der Waals surface area (Å²) < 4.78 is 45.2. The molecule has 1 aromatic carbocycles. The highest BCUT2D eigenvalue weighted by molar-refractivity contribution is 9.10. The Balaban J connectivity index is 2.17. The molecule has 5 nitrogen and oxygen atoms in total. The van der Waals surface area contributed by atoms with Gasteiger partial charge in [0.1, 0.15) is 11.7 Å². The van der Waals surface area contributed by atoms with E-state index in [1.807, 2.05) is 0 Å². The smallest absolute Gasteiger partial charge is 0.410 e. The number of rotatable bonds is 3. The summed E-state index contributed by atoms with van der Waals surface area (Å²) in [6.45, 7) is 5.76. The van der Waals surface area contributed by atoms with Crippen LogP contribution in [0.5, 0.6) is 5.75 Å². The molecule has 1 aliphatic heterocycles. The number of amides is 1. The molecule has 0 N–H and O–H groups in total. The Morgan fingerprint density at radius 3 is 2.72 bits per heavy atom. The van der Waals surface area contributed by atoms with E-state index in [0.29, 0.717) is 11.0 Å². The Morgan fingerprint density at radius 2 is 2.12 bits per heavy atom. The van der Waals surface area contributed by atoms with Crippen LogP contribution in [-0.4, -0.2) is 49.5 Å². The second kappa shape index (κ2) is 7.86. The number of carbonyl (C=O) groups is 1. The lowest BCUT2D eigenvalue weighted by atomic mass is 10.0. The molecule has 1 fully saturated rings. The third-order valence-electron chi connectivity index (χ3n) is 3.61. The molecule has 1 saturated heterocycles. The number of morpholine rings is 1. The predicted molar refractivity (Wildman–Crippen MR) is 92.0 cm³/mol. The summed E-state index contributed by atoms with van der Waals surface area (Å²) >= 11 is 3.15. The highest BCUT2D eigenvalue weighted by atomic mass is 79.9. The van der Waals surface area contributed by atoms with Gasteiger partial charge < -0.3 is 19.1 Å². The van der Waals surface area contributed by atoms with Gasteiger partial charge in [0, 0.05) is 16.6 Å². The minimum absolute atomic E-state index is 0.00731. The summed E-state index contributed by atoms with van der Waals surface area (Å²) in [5.41, 5.74) is -0.609. The number of methoxy groups -OCH3 is 1. The Bertz CT molecular complexity index is 636. The molecule has 0 bridgehead atoms. The number of carbonyl (C=O) groups excluding carboxylic acids is 1.